The van der Waals surface area contributed by atoms with E-state index in [0.29, 0.717) is 31.6 Å². The number of benzene rings is 1. The summed E-state index contributed by atoms with van der Waals surface area (Å²) in [4.78, 5) is 30.2. The van der Waals surface area contributed by atoms with Crippen molar-refractivity contribution in [2.75, 3.05) is 18.4 Å². The number of rotatable bonds is 4. The van der Waals surface area contributed by atoms with Gasteiger partial charge in [0.05, 0.1) is 0 Å². The van der Waals surface area contributed by atoms with Crippen LogP contribution < -0.4 is 5.32 Å². The van der Waals surface area contributed by atoms with E-state index >= 15 is 0 Å². The van der Waals surface area contributed by atoms with E-state index in [1.165, 1.54) is 11.1 Å². The van der Waals surface area contributed by atoms with E-state index in [0.717, 1.165) is 30.5 Å². The summed E-state index contributed by atoms with van der Waals surface area (Å²) in [5.41, 5.74) is 4.68. The lowest BCUT2D eigenvalue weighted by atomic mass is 9.99. The molecule has 5 nitrogen and oxygen atoms in total. The van der Waals surface area contributed by atoms with Crippen molar-refractivity contribution < 1.29 is 9.59 Å². The third-order valence-corrected chi connectivity index (χ3v) is 5.24. The summed E-state index contributed by atoms with van der Waals surface area (Å²) in [6.45, 7) is 1.45. The van der Waals surface area contributed by atoms with Gasteiger partial charge in [-0.3, -0.25) is 9.59 Å². The SMILES string of the molecule is O=C1CCc2cc(CCC(=O)N3CC=C(c4ccccc4)CC3)cnc2N1. The highest BCUT2D eigenvalue weighted by atomic mass is 16.2. The number of hydrogen-bond acceptors (Lipinski definition) is 3. The van der Waals surface area contributed by atoms with E-state index in [2.05, 4.69) is 34.6 Å². The summed E-state index contributed by atoms with van der Waals surface area (Å²) in [6.07, 6.45) is 7.22. The molecule has 0 bridgehead atoms. The second-order valence-corrected chi connectivity index (χ2v) is 7.08. The lowest BCUT2D eigenvalue weighted by molar-refractivity contribution is -0.130. The van der Waals surface area contributed by atoms with Crippen LogP contribution in [0.15, 0.2) is 48.7 Å². The molecule has 2 amide bonds. The number of pyridine rings is 1. The van der Waals surface area contributed by atoms with E-state index in [4.69, 9.17) is 0 Å². The summed E-state index contributed by atoms with van der Waals surface area (Å²) in [6, 6.07) is 12.4. The molecule has 2 aliphatic heterocycles. The maximum absolute atomic E-state index is 12.6. The Balaban J connectivity index is 1.33. The minimum Gasteiger partial charge on any atom is -0.339 e. The molecule has 0 atom stereocenters. The summed E-state index contributed by atoms with van der Waals surface area (Å²) in [5.74, 6) is 0.867. The van der Waals surface area contributed by atoms with E-state index in [1.807, 2.05) is 23.1 Å². The fourth-order valence-corrected chi connectivity index (χ4v) is 3.66. The Kier molecular flexibility index (Phi) is 5.01. The second kappa shape index (κ2) is 7.74. The minimum absolute atomic E-state index is 0.0194. The Bertz CT molecular complexity index is 890. The summed E-state index contributed by atoms with van der Waals surface area (Å²) < 4.78 is 0. The molecule has 27 heavy (non-hydrogen) atoms. The van der Waals surface area contributed by atoms with Crippen LogP contribution in [-0.2, 0) is 22.4 Å². The Labute approximate surface area is 159 Å². The molecular formula is C22H23N3O2. The van der Waals surface area contributed by atoms with Gasteiger partial charge in [0.1, 0.15) is 5.82 Å². The van der Waals surface area contributed by atoms with E-state index in [1.54, 1.807) is 6.20 Å². The summed E-state index contributed by atoms with van der Waals surface area (Å²) >= 11 is 0. The molecular weight excluding hydrogens is 338 g/mol. The fourth-order valence-electron chi connectivity index (χ4n) is 3.66. The molecule has 5 heteroatoms. The predicted octanol–water partition coefficient (Wildman–Crippen LogP) is 3.21. The smallest absolute Gasteiger partial charge is 0.225 e. The zero-order valence-corrected chi connectivity index (χ0v) is 15.3. The highest BCUT2D eigenvalue weighted by Gasteiger charge is 2.19. The van der Waals surface area contributed by atoms with Crippen molar-refractivity contribution in [2.24, 2.45) is 0 Å². The van der Waals surface area contributed by atoms with Gasteiger partial charge in [0.15, 0.2) is 0 Å². The predicted molar refractivity (Wildman–Crippen MR) is 105 cm³/mol. The van der Waals surface area contributed by atoms with Crippen LogP contribution in [0.3, 0.4) is 0 Å². The van der Waals surface area contributed by atoms with Crippen molar-refractivity contribution in [1.29, 1.82) is 0 Å². The zero-order chi connectivity index (χ0) is 18.6. The molecule has 138 valence electrons. The average Bonchev–Trinajstić information content (AvgIpc) is 2.72. The number of nitrogens with zero attached hydrogens (tertiary/aromatic N) is 2. The van der Waals surface area contributed by atoms with Gasteiger partial charge in [0.2, 0.25) is 11.8 Å². The number of carbonyl (C=O) groups excluding carboxylic acids is 2. The lowest BCUT2D eigenvalue weighted by Gasteiger charge is -2.27. The van der Waals surface area contributed by atoms with Crippen LogP contribution in [0.25, 0.3) is 5.57 Å². The van der Waals surface area contributed by atoms with E-state index in [-0.39, 0.29) is 11.8 Å². The Morgan fingerprint density at radius 3 is 2.78 bits per heavy atom. The van der Waals surface area contributed by atoms with Gasteiger partial charge in [-0.25, -0.2) is 4.98 Å². The third-order valence-electron chi connectivity index (χ3n) is 5.24. The maximum atomic E-state index is 12.6. The minimum atomic E-state index is 0.0194. The first-order valence-corrected chi connectivity index (χ1v) is 9.49. The molecule has 0 saturated heterocycles. The number of aromatic nitrogens is 1. The molecule has 0 radical (unpaired) electrons. The molecule has 4 rings (SSSR count). The van der Waals surface area contributed by atoms with Crippen LogP contribution in [-0.4, -0.2) is 34.8 Å². The molecule has 3 heterocycles. The summed E-state index contributed by atoms with van der Waals surface area (Å²) in [5, 5.41) is 2.79. The Hall–Kier alpha value is -2.95. The van der Waals surface area contributed by atoms with Crippen LogP contribution in [0, 0.1) is 0 Å². The Morgan fingerprint density at radius 2 is 2.00 bits per heavy atom. The molecule has 0 aliphatic carbocycles. The second-order valence-electron chi connectivity index (χ2n) is 7.08. The van der Waals surface area contributed by atoms with Gasteiger partial charge in [0, 0.05) is 32.1 Å². The van der Waals surface area contributed by atoms with Gasteiger partial charge in [-0.2, -0.15) is 0 Å². The Morgan fingerprint density at radius 1 is 1.15 bits per heavy atom. The first-order chi connectivity index (χ1) is 13.2. The number of hydrogen-bond donors (Lipinski definition) is 1. The lowest BCUT2D eigenvalue weighted by Crippen LogP contribution is -2.34. The van der Waals surface area contributed by atoms with Crippen LogP contribution in [0.4, 0.5) is 5.82 Å². The zero-order valence-electron chi connectivity index (χ0n) is 15.3. The largest absolute Gasteiger partial charge is 0.339 e. The molecule has 1 aromatic carbocycles. The van der Waals surface area contributed by atoms with Crippen molar-refractivity contribution in [3.05, 3.63) is 65.4 Å². The van der Waals surface area contributed by atoms with Crippen molar-refractivity contribution in [2.45, 2.75) is 32.1 Å². The van der Waals surface area contributed by atoms with Gasteiger partial charge < -0.3 is 10.2 Å². The monoisotopic (exact) mass is 361 g/mol. The number of aryl methyl sites for hydroxylation is 2. The number of anilines is 1. The van der Waals surface area contributed by atoms with Crippen LogP contribution >= 0.6 is 0 Å². The van der Waals surface area contributed by atoms with Gasteiger partial charge in [-0.1, -0.05) is 42.5 Å². The molecule has 2 aromatic rings. The van der Waals surface area contributed by atoms with Gasteiger partial charge in [0.25, 0.3) is 0 Å². The molecule has 0 spiro atoms. The van der Waals surface area contributed by atoms with E-state index < -0.39 is 0 Å². The quantitative estimate of drug-likeness (QED) is 0.909. The normalized spacial score (nSPS) is 16.4. The van der Waals surface area contributed by atoms with Crippen LogP contribution in [0.1, 0.15) is 36.0 Å². The molecule has 1 N–H and O–H groups in total. The number of nitrogens with one attached hydrogen (secondary N) is 1. The van der Waals surface area contributed by atoms with Crippen LogP contribution in [0.5, 0.6) is 0 Å². The van der Waals surface area contributed by atoms with Crippen molar-refractivity contribution in [3.63, 3.8) is 0 Å². The average molecular weight is 361 g/mol. The number of carbonyl (C=O) groups is 2. The highest BCUT2D eigenvalue weighted by Crippen LogP contribution is 2.23. The topological polar surface area (TPSA) is 62.3 Å². The third kappa shape index (κ3) is 4.08. The highest BCUT2D eigenvalue weighted by molar-refractivity contribution is 5.92. The fraction of sp³-hybridized carbons (Fsp3) is 0.318. The summed E-state index contributed by atoms with van der Waals surface area (Å²) in [7, 11) is 0. The molecule has 1 aromatic heterocycles. The molecule has 2 aliphatic rings. The molecule has 0 fully saturated rings. The van der Waals surface area contributed by atoms with Crippen molar-refractivity contribution in [3.8, 4) is 0 Å². The van der Waals surface area contributed by atoms with E-state index in [9.17, 15) is 9.59 Å². The van der Waals surface area contributed by atoms with Gasteiger partial charge >= 0.3 is 0 Å². The first-order valence-electron chi connectivity index (χ1n) is 9.49. The standard InChI is InChI=1S/C22H23N3O2/c26-20-8-7-19-14-16(15-23-22(19)24-20)6-9-21(27)25-12-10-18(11-13-25)17-4-2-1-3-5-17/h1-5,10,14-15H,6-9,11-13H2,(H,23,24,26). The maximum Gasteiger partial charge on any atom is 0.225 e. The number of fused-ring (bicyclic) bond motifs is 1. The van der Waals surface area contributed by atoms with Crippen molar-refractivity contribution >= 4 is 23.2 Å². The van der Waals surface area contributed by atoms with Crippen LogP contribution in [0.2, 0.25) is 0 Å². The number of amides is 2. The first kappa shape index (κ1) is 17.5. The van der Waals surface area contributed by atoms with Crippen molar-refractivity contribution in [1.82, 2.24) is 9.88 Å². The van der Waals surface area contributed by atoms with Gasteiger partial charge in [-0.05, 0) is 41.5 Å². The molecule has 0 unspecified atom stereocenters. The molecule has 0 saturated carbocycles. The van der Waals surface area contributed by atoms with Gasteiger partial charge in [-0.15, -0.1) is 0 Å².